The number of likely N-dealkylation sites (tertiary alicyclic amines) is 1. The monoisotopic (exact) mass is 268 g/mol. The number of piperidine rings is 1. The van der Waals surface area contributed by atoms with Gasteiger partial charge in [-0.3, -0.25) is 4.90 Å². The summed E-state index contributed by atoms with van der Waals surface area (Å²) in [6, 6.07) is 0.303. The number of hydrogen-bond acceptors (Lipinski definition) is 5. The normalized spacial score (nSPS) is 21.0. The molecule has 0 radical (unpaired) electrons. The van der Waals surface area contributed by atoms with Gasteiger partial charge >= 0.3 is 0 Å². The second-order valence-electron chi connectivity index (χ2n) is 3.87. The fourth-order valence-corrected chi connectivity index (χ4v) is 1.84. The number of aryl methyl sites for hydroxylation is 1. The van der Waals surface area contributed by atoms with Crippen molar-refractivity contribution in [2.75, 3.05) is 13.1 Å². The van der Waals surface area contributed by atoms with Crippen LogP contribution in [0.5, 0.6) is 0 Å². The lowest BCUT2D eigenvalue weighted by molar-refractivity contribution is 0.195. The van der Waals surface area contributed by atoms with E-state index in [-0.39, 0.29) is 24.8 Å². The van der Waals surface area contributed by atoms with Gasteiger partial charge in [-0.2, -0.15) is 4.98 Å². The van der Waals surface area contributed by atoms with Crippen LogP contribution in [0.4, 0.5) is 0 Å². The number of hydrogen-bond donors (Lipinski definition) is 1. The lowest BCUT2D eigenvalue weighted by Gasteiger charge is -2.29. The van der Waals surface area contributed by atoms with Gasteiger partial charge in [-0.05, 0) is 19.4 Å². The molecule has 2 heterocycles. The van der Waals surface area contributed by atoms with Gasteiger partial charge in [-0.15, -0.1) is 24.8 Å². The van der Waals surface area contributed by atoms with E-state index >= 15 is 0 Å². The van der Waals surface area contributed by atoms with E-state index < -0.39 is 0 Å². The fourth-order valence-electron chi connectivity index (χ4n) is 1.84. The van der Waals surface area contributed by atoms with Gasteiger partial charge in [0.05, 0.1) is 6.54 Å². The Labute approximate surface area is 108 Å². The van der Waals surface area contributed by atoms with Gasteiger partial charge in [0.25, 0.3) is 0 Å². The zero-order chi connectivity index (χ0) is 9.97. The summed E-state index contributed by atoms with van der Waals surface area (Å²) in [6.07, 6.45) is 2.29. The molecule has 0 bridgehead atoms. The average molecular weight is 269 g/mol. The maximum atomic E-state index is 5.88. The summed E-state index contributed by atoms with van der Waals surface area (Å²) in [5.41, 5.74) is 5.88. The molecule has 0 spiro atoms. The molecular formula is C9H18Cl2N4O. The topological polar surface area (TPSA) is 68.2 Å². The highest BCUT2D eigenvalue weighted by atomic mass is 35.5. The molecular weight excluding hydrogens is 251 g/mol. The van der Waals surface area contributed by atoms with E-state index in [4.69, 9.17) is 10.3 Å². The van der Waals surface area contributed by atoms with Crippen LogP contribution in [0.1, 0.15) is 24.6 Å². The fraction of sp³-hybridized carbons (Fsp3) is 0.778. The van der Waals surface area contributed by atoms with Crippen LogP contribution in [-0.2, 0) is 6.54 Å². The summed E-state index contributed by atoms with van der Waals surface area (Å²) in [7, 11) is 0. The third kappa shape index (κ3) is 4.25. The number of aromatic nitrogens is 2. The van der Waals surface area contributed by atoms with Gasteiger partial charge in [0, 0.05) is 19.5 Å². The summed E-state index contributed by atoms with van der Waals surface area (Å²) in [5, 5.41) is 3.87. The standard InChI is InChI=1S/C9H16N4O.2ClH/c1-7-11-9(12-14-7)6-13-4-2-3-8(10)5-13;;/h8H,2-6,10H2,1H3;2*1H. The molecule has 2 N–H and O–H groups in total. The zero-order valence-electron chi connectivity index (χ0n) is 9.26. The molecule has 94 valence electrons. The van der Waals surface area contributed by atoms with Crippen molar-refractivity contribution in [1.82, 2.24) is 15.0 Å². The molecule has 0 aromatic carbocycles. The molecule has 0 saturated carbocycles. The average Bonchev–Trinajstić information content (AvgIpc) is 2.51. The molecule has 1 saturated heterocycles. The first-order valence-corrected chi connectivity index (χ1v) is 5.01. The van der Waals surface area contributed by atoms with Crippen LogP contribution in [0, 0.1) is 6.92 Å². The van der Waals surface area contributed by atoms with E-state index in [2.05, 4.69) is 15.0 Å². The third-order valence-electron chi connectivity index (χ3n) is 2.48. The molecule has 0 amide bonds. The van der Waals surface area contributed by atoms with E-state index in [0.29, 0.717) is 11.9 Å². The SMILES string of the molecule is Cc1nc(CN2CCCC(N)C2)no1.Cl.Cl. The van der Waals surface area contributed by atoms with Crippen LogP contribution < -0.4 is 5.73 Å². The number of nitrogens with two attached hydrogens (primary N) is 1. The molecule has 1 unspecified atom stereocenters. The van der Waals surface area contributed by atoms with Crippen LogP contribution in [0.15, 0.2) is 4.52 Å². The predicted molar refractivity (Wildman–Crippen MR) is 66.0 cm³/mol. The Hall–Kier alpha value is -0.360. The van der Waals surface area contributed by atoms with Gasteiger partial charge < -0.3 is 10.3 Å². The van der Waals surface area contributed by atoms with Crippen molar-refractivity contribution >= 4 is 24.8 Å². The molecule has 1 aromatic heterocycles. The molecule has 1 fully saturated rings. The van der Waals surface area contributed by atoms with E-state index in [1.807, 2.05) is 0 Å². The van der Waals surface area contributed by atoms with Gasteiger partial charge in [0.1, 0.15) is 0 Å². The Kier molecular flexibility index (Phi) is 6.90. The zero-order valence-corrected chi connectivity index (χ0v) is 10.9. The van der Waals surface area contributed by atoms with Crippen LogP contribution in [0.2, 0.25) is 0 Å². The smallest absolute Gasteiger partial charge is 0.223 e. The van der Waals surface area contributed by atoms with Crippen LogP contribution in [-0.4, -0.2) is 34.2 Å². The second-order valence-corrected chi connectivity index (χ2v) is 3.87. The van der Waals surface area contributed by atoms with Gasteiger partial charge in [-0.25, -0.2) is 0 Å². The minimum absolute atomic E-state index is 0. The van der Waals surface area contributed by atoms with E-state index in [9.17, 15) is 0 Å². The molecule has 1 atom stereocenters. The Morgan fingerprint density at radius 2 is 2.25 bits per heavy atom. The molecule has 1 aliphatic heterocycles. The van der Waals surface area contributed by atoms with Crippen molar-refractivity contribution < 1.29 is 4.52 Å². The third-order valence-corrected chi connectivity index (χ3v) is 2.48. The Morgan fingerprint density at radius 3 is 2.81 bits per heavy atom. The first-order valence-electron chi connectivity index (χ1n) is 5.01. The molecule has 1 aliphatic rings. The minimum atomic E-state index is 0. The van der Waals surface area contributed by atoms with E-state index in [1.54, 1.807) is 6.92 Å². The van der Waals surface area contributed by atoms with Crippen molar-refractivity contribution in [2.24, 2.45) is 5.73 Å². The number of nitrogens with zero attached hydrogens (tertiary/aromatic N) is 3. The summed E-state index contributed by atoms with van der Waals surface area (Å²) in [5.74, 6) is 1.39. The molecule has 0 aliphatic carbocycles. The van der Waals surface area contributed by atoms with E-state index in [1.165, 1.54) is 0 Å². The van der Waals surface area contributed by atoms with Crippen LogP contribution >= 0.6 is 24.8 Å². The van der Waals surface area contributed by atoms with Crippen molar-refractivity contribution in [2.45, 2.75) is 32.4 Å². The largest absolute Gasteiger partial charge is 0.340 e. The van der Waals surface area contributed by atoms with Crippen molar-refractivity contribution in [3.63, 3.8) is 0 Å². The first-order chi connectivity index (χ1) is 6.74. The predicted octanol–water partition coefficient (Wildman–Crippen LogP) is 1.14. The molecule has 16 heavy (non-hydrogen) atoms. The van der Waals surface area contributed by atoms with Gasteiger partial charge in [0.15, 0.2) is 5.82 Å². The number of rotatable bonds is 2. The highest BCUT2D eigenvalue weighted by molar-refractivity contribution is 5.85. The molecule has 1 aromatic rings. The quantitative estimate of drug-likeness (QED) is 0.872. The van der Waals surface area contributed by atoms with Gasteiger partial charge in [-0.1, -0.05) is 5.16 Å². The van der Waals surface area contributed by atoms with Crippen molar-refractivity contribution in [3.05, 3.63) is 11.7 Å². The molecule has 2 rings (SSSR count). The second kappa shape index (κ2) is 7.06. The lowest BCUT2D eigenvalue weighted by Crippen LogP contribution is -2.42. The lowest BCUT2D eigenvalue weighted by atomic mass is 10.1. The summed E-state index contributed by atoms with van der Waals surface area (Å²) < 4.78 is 4.91. The van der Waals surface area contributed by atoms with Crippen molar-refractivity contribution in [1.29, 1.82) is 0 Å². The van der Waals surface area contributed by atoms with Crippen LogP contribution in [0.25, 0.3) is 0 Å². The van der Waals surface area contributed by atoms with Crippen LogP contribution in [0.3, 0.4) is 0 Å². The molecule has 5 nitrogen and oxygen atoms in total. The first kappa shape index (κ1) is 15.6. The van der Waals surface area contributed by atoms with E-state index in [0.717, 1.165) is 38.3 Å². The minimum Gasteiger partial charge on any atom is -0.340 e. The highest BCUT2D eigenvalue weighted by Crippen LogP contribution is 2.10. The number of halogens is 2. The highest BCUT2D eigenvalue weighted by Gasteiger charge is 2.18. The van der Waals surface area contributed by atoms with Crippen molar-refractivity contribution in [3.8, 4) is 0 Å². The summed E-state index contributed by atoms with van der Waals surface area (Å²) in [4.78, 5) is 6.45. The Balaban J connectivity index is 0.00000112. The summed E-state index contributed by atoms with van der Waals surface area (Å²) in [6.45, 7) is 4.58. The van der Waals surface area contributed by atoms with Gasteiger partial charge in [0.2, 0.25) is 5.89 Å². The summed E-state index contributed by atoms with van der Waals surface area (Å²) >= 11 is 0. The molecule has 7 heteroatoms. The Bertz CT molecular complexity index is 307. The Morgan fingerprint density at radius 1 is 1.50 bits per heavy atom. The maximum Gasteiger partial charge on any atom is 0.223 e. The maximum absolute atomic E-state index is 5.88.